The van der Waals surface area contributed by atoms with E-state index in [4.69, 9.17) is 0 Å². The van der Waals surface area contributed by atoms with E-state index < -0.39 is 5.97 Å². The molecule has 0 saturated heterocycles. The molecule has 0 spiro atoms. The molecular formula is C9H11NO3. The van der Waals surface area contributed by atoms with E-state index in [2.05, 4.69) is 11.8 Å². The molecule has 0 atom stereocenters. The summed E-state index contributed by atoms with van der Waals surface area (Å²) in [6.07, 6.45) is 0. The number of hydrogen-bond donors (Lipinski definition) is 2. The average Bonchev–Trinajstić information content (AvgIpc) is 2.16. The third kappa shape index (κ3) is 1.97. The molecule has 0 amide bonds. The standard InChI is InChI=1S/C9H11NO3/c1-10-7-4-3-6(5-8(7)11)9(12)13-2/h3-5,11H,1,10H2,2H3. The quantitative estimate of drug-likeness (QED) is 0.296. The molecule has 3 N–H and O–H groups in total. The maximum Gasteiger partial charge on any atom is 0.337 e. The van der Waals surface area contributed by atoms with Crippen LogP contribution < -0.4 is 5.32 Å². The first-order valence-electron chi connectivity index (χ1n) is 3.73. The molecule has 0 fully saturated rings. The topological polar surface area (TPSA) is 63.1 Å². The number of carbonyl (C=O) groups is 1. The summed E-state index contributed by atoms with van der Waals surface area (Å²) in [5.41, 5.74) is 0.915. The first-order valence-corrected chi connectivity index (χ1v) is 3.73. The van der Waals surface area contributed by atoms with Crippen molar-refractivity contribution in [2.75, 3.05) is 7.11 Å². The minimum absolute atomic E-state index is 0.0258. The van der Waals surface area contributed by atoms with Gasteiger partial charge in [-0.15, -0.1) is 7.05 Å². The maximum absolute atomic E-state index is 11.0. The van der Waals surface area contributed by atoms with Crippen LogP contribution in [0.15, 0.2) is 18.2 Å². The van der Waals surface area contributed by atoms with Gasteiger partial charge in [0.25, 0.3) is 0 Å². The van der Waals surface area contributed by atoms with E-state index in [0.717, 1.165) is 0 Å². The van der Waals surface area contributed by atoms with E-state index in [9.17, 15) is 9.90 Å². The van der Waals surface area contributed by atoms with Crippen molar-refractivity contribution in [2.24, 2.45) is 0 Å². The normalized spacial score (nSPS) is 9.69. The van der Waals surface area contributed by atoms with Crippen molar-refractivity contribution in [3.8, 4) is 5.75 Å². The molecule has 13 heavy (non-hydrogen) atoms. The van der Waals surface area contributed by atoms with Gasteiger partial charge in [0.15, 0.2) is 5.75 Å². The second-order valence-corrected chi connectivity index (χ2v) is 2.47. The molecular weight excluding hydrogens is 170 g/mol. The summed E-state index contributed by atoms with van der Waals surface area (Å²) >= 11 is 0. The fourth-order valence-electron chi connectivity index (χ4n) is 0.961. The zero-order valence-corrected chi connectivity index (χ0v) is 7.28. The van der Waals surface area contributed by atoms with Gasteiger partial charge < -0.3 is 15.2 Å². The van der Waals surface area contributed by atoms with Crippen molar-refractivity contribution in [3.05, 3.63) is 30.8 Å². The number of benzene rings is 1. The first kappa shape index (κ1) is 9.54. The molecule has 0 aromatic heterocycles. The lowest BCUT2D eigenvalue weighted by molar-refractivity contribution is -0.505. The first-order chi connectivity index (χ1) is 6.19. The molecule has 0 bridgehead atoms. The molecule has 1 rings (SSSR count). The van der Waals surface area contributed by atoms with Crippen LogP contribution in [0.3, 0.4) is 0 Å². The lowest BCUT2D eigenvalue weighted by Gasteiger charge is -2.04. The number of aromatic hydroxyl groups is 1. The molecule has 0 aliphatic heterocycles. The third-order valence-corrected chi connectivity index (χ3v) is 1.67. The summed E-state index contributed by atoms with van der Waals surface area (Å²) in [5, 5.41) is 10.9. The minimum atomic E-state index is -0.467. The number of hydrogen-bond acceptors (Lipinski definition) is 3. The van der Waals surface area contributed by atoms with Crippen molar-refractivity contribution < 1.29 is 20.0 Å². The lowest BCUT2D eigenvalue weighted by atomic mass is 10.2. The fraction of sp³-hybridized carbons (Fsp3) is 0.111. The van der Waals surface area contributed by atoms with Crippen LogP contribution in [0.25, 0.3) is 0 Å². The Morgan fingerprint density at radius 3 is 2.77 bits per heavy atom. The maximum atomic E-state index is 11.0. The van der Waals surface area contributed by atoms with Gasteiger partial charge in [-0.25, -0.2) is 4.79 Å². The number of rotatable bonds is 2. The van der Waals surface area contributed by atoms with Crippen LogP contribution in [0.4, 0.5) is 5.69 Å². The van der Waals surface area contributed by atoms with Gasteiger partial charge in [-0.05, 0) is 6.07 Å². The van der Waals surface area contributed by atoms with E-state index in [0.29, 0.717) is 11.3 Å². The van der Waals surface area contributed by atoms with Gasteiger partial charge in [-0.1, -0.05) is 0 Å². The highest BCUT2D eigenvalue weighted by molar-refractivity contribution is 5.90. The Morgan fingerprint density at radius 1 is 1.62 bits per heavy atom. The molecule has 1 aromatic rings. The van der Waals surface area contributed by atoms with E-state index >= 15 is 0 Å². The summed E-state index contributed by atoms with van der Waals surface area (Å²) in [5.74, 6) is -0.441. The van der Waals surface area contributed by atoms with Gasteiger partial charge >= 0.3 is 5.97 Å². The van der Waals surface area contributed by atoms with Crippen molar-refractivity contribution in [2.45, 2.75) is 0 Å². The van der Waals surface area contributed by atoms with E-state index in [1.807, 2.05) is 0 Å². The van der Waals surface area contributed by atoms with E-state index in [1.165, 1.54) is 18.5 Å². The number of quaternary nitrogens is 1. The zero-order chi connectivity index (χ0) is 9.84. The predicted octanol–water partition coefficient (Wildman–Crippen LogP) is 0.165. The highest BCUT2D eigenvalue weighted by Crippen LogP contribution is 2.19. The summed E-state index contributed by atoms with van der Waals surface area (Å²) in [6, 6.07) is 4.53. The van der Waals surface area contributed by atoms with Crippen molar-refractivity contribution in [1.82, 2.24) is 0 Å². The van der Waals surface area contributed by atoms with Crippen molar-refractivity contribution in [3.63, 3.8) is 0 Å². The Hall–Kier alpha value is -1.55. The van der Waals surface area contributed by atoms with Crippen LogP contribution in [0.5, 0.6) is 5.75 Å². The number of methoxy groups -OCH3 is 1. The van der Waals surface area contributed by atoms with Gasteiger partial charge in [-0.2, -0.15) is 0 Å². The highest BCUT2D eigenvalue weighted by Gasteiger charge is 2.08. The van der Waals surface area contributed by atoms with Gasteiger partial charge in [0.2, 0.25) is 0 Å². The monoisotopic (exact) mass is 181 g/mol. The smallest absolute Gasteiger partial charge is 0.337 e. The average molecular weight is 181 g/mol. The molecule has 0 heterocycles. The summed E-state index contributed by atoms with van der Waals surface area (Å²) in [4.78, 5) is 11.0. The molecule has 1 aromatic carbocycles. The number of phenolic OH excluding ortho intramolecular Hbond substituents is 1. The molecule has 0 radical (unpaired) electrons. The van der Waals surface area contributed by atoms with Crippen LogP contribution >= 0.6 is 0 Å². The highest BCUT2D eigenvalue weighted by atomic mass is 16.5. The molecule has 4 heteroatoms. The van der Waals surface area contributed by atoms with Crippen LogP contribution in [-0.2, 0) is 4.74 Å². The fourth-order valence-corrected chi connectivity index (χ4v) is 0.961. The second-order valence-electron chi connectivity index (χ2n) is 2.47. The third-order valence-electron chi connectivity index (χ3n) is 1.67. The Balaban J connectivity index is 3.02. The number of nitrogens with two attached hydrogens (primary N) is 1. The van der Waals surface area contributed by atoms with Crippen LogP contribution in [0.2, 0.25) is 0 Å². The SMILES string of the molecule is [CH2-][NH2+]c1ccc(C(=O)OC)cc1O. The van der Waals surface area contributed by atoms with Gasteiger partial charge in [0, 0.05) is 12.1 Å². The molecule has 0 aliphatic rings. The Labute approximate surface area is 76.1 Å². The van der Waals surface area contributed by atoms with Gasteiger partial charge in [0.1, 0.15) is 5.69 Å². The minimum Gasteiger partial charge on any atom is -0.503 e. The van der Waals surface area contributed by atoms with Crippen LogP contribution in [-0.4, -0.2) is 18.2 Å². The molecule has 0 saturated carbocycles. The number of carbonyl (C=O) groups excluding carboxylic acids is 1. The lowest BCUT2D eigenvalue weighted by Crippen LogP contribution is -2.69. The van der Waals surface area contributed by atoms with Crippen LogP contribution in [0, 0.1) is 7.05 Å². The summed E-state index contributed by atoms with van der Waals surface area (Å²) in [7, 11) is 4.80. The Morgan fingerprint density at radius 2 is 2.31 bits per heavy atom. The molecule has 4 nitrogen and oxygen atoms in total. The van der Waals surface area contributed by atoms with Gasteiger partial charge in [0.05, 0.1) is 12.7 Å². The molecule has 0 unspecified atom stereocenters. The van der Waals surface area contributed by atoms with Crippen molar-refractivity contribution >= 4 is 11.7 Å². The van der Waals surface area contributed by atoms with Crippen LogP contribution in [0.1, 0.15) is 10.4 Å². The number of ether oxygens (including phenoxy) is 1. The predicted molar refractivity (Wildman–Crippen MR) is 46.4 cm³/mol. The van der Waals surface area contributed by atoms with Gasteiger partial charge in [-0.3, -0.25) is 0 Å². The summed E-state index contributed by atoms with van der Waals surface area (Å²) < 4.78 is 4.49. The Kier molecular flexibility index (Phi) is 2.87. The number of phenols is 1. The summed E-state index contributed by atoms with van der Waals surface area (Å²) in [6.45, 7) is 0. The largest absolute Gasteiger partial charge is 0.503 e. The molecule has 0 aliphatic carbocycles. The zero-order valence-electron chi connectivity index (χ0n) is 7.28. The van der Waals surface area contributed by atoms with E-state index in [1.54, 1.807) is 12.1 Å². The second kappa shape index (κ2) is 3.91. The number of esters is 1. The molecule has 70 valence electrons. The van der Waals surface area contributed by atoms with E-state index in [-0.39, 0.29) is 5.75 Å². The Bertz CT molecular complexity index is 323. The van der Waals surface area contributed by atoms with Crippen molar-refractivity contribution in [1.29, 1.82) is 0 Å².